The van der Waals surface area contributed by atoms with Crippen molar-refractivity contribution in [2.75, 3.05) is 18.0 Å². The number of halogens is 2. The van der Waals surface area contributed by atoms with Crippen LogP contribution in [-0.4, -0.2) is 55.3 Å². The van der Waals surface area contributed by atoms with E-state index >= 15 is 0 Å². The number of sulfonamides is 1. The van der Waals surface area contributed by atoms with E-state index in [0.717, 1.165) is 11.0 Å². The molecule has 236 valence electrons. The largest absolute Gasteiger partial charge is 0.495 e. The standard InChI is InChI=1S/C30H34ClFN4O7S/c1-19-11-13-23(16-25(19)36(39)40)44(41,42)35(26-15-22(31)12-14-27(26)43-6)18-28(37)34(17-21-9-7-8-10-24(21)32)20(2)29(38)33-30(3,4)5/h7-16,20H,17-18H2,1-6H3,(H,33,38)/t20-/m1/s1. The number of nitrogens with zero attached hydrogens (tertiary/aromatic N) is 3. The lowest BCUT2D eigenvalue weighted by Crippen LogP contribution is -2.54. The first-order valence-electron chi connectivity index (χ1n) is 13.4. The number of anilines is 1. The number of rotatable bonds is 11. The Balaban J connectivity index is 2.18. The molecule has 0 spiro atoms. The molecule has 0 fully saturated rings. The second kappa shape index (κ2) is 13.6. The van der Waals surface area contributed by atoms with Gasteiger partial charge >= 0.3 is 0 Å². The number of benzene rings is 3. The van der Waals surface area contributed by atoms with E-state index in [2.05, 4.69) is 5.32 Å². The SMILES string of the molecule is COc1ccc(Cl)cc1N(CC(=O)N(Cc1ccccc1F)[C@H](C)C(=O)NC(C)(C)C)S(=O)(=O)c1ccc(C)c([N+](=O)[O-])c1. The fourth-order valence-electron chi connectivity index (χ4n) is 4.31. The van der Waals surface area contributed by atoms with Gasteiger partial charge in [-0.2, -0.15) is 0 Å². The third-order valence-electron chi connectivity index (χ3n) is 6.62. The van der Waals surface area contributed by atoms with Crippen LogP contribution in [0.2, 0.25) is 5.02 Å². The molecule has 14 heteroatoms. The van der Waals surface area contributed by atoms with E-state index < -0.39 is 61.3 Å². The van der Waals surface area contributed by atoms with E-state index in [1.54, 1.807) is 26.8 Å². The summed E-state index contributed by atoms with van der Waals surface area (Å²) in [6, 6.07) is 12.0. The maximum Gasteiger partial charge on any atom is 0.273 e. The number of carbonyl (C=O) groups is 2. The van der Waals surface area contributed by atoms with Crippen LogP contribution in [0.1, 0.15) is 38.8 Å². The molecule has 1 N–H and O–H groups in total. The summed E-state index contributed by atoms with van der Waals surface area (Å²) in [4.78, 5) is 38.8. The predicted octanol–water partition coefficient (Wildman–Crippen LogP) is 5.23. The highest BCUT2D eigenvalue weighted by Crippen LogP contribution is 2.36. The normalized spacial score (nSPS) is 12.3. The van der Waals surface area contributed by atoms with Gasteiger partial charge in [-0.3, -0.25) is 24.0 Å². The summed E-state index contributed by atoms with van der Waals surface area (Å²) < 4.78 is 49.1. The molecule has 0 bridgehead atoms. The van der Waals surface area contributed by atoms with Crippen molar-refractivity contribution in [3.63, 3.8) is 0 Å². The number of nitrogens with one attached hydrogen (secondary N) is 1. The number of methoxy groups -OCH3 is 1. The third kappa shape index (κ3) is 8.03. The number of aryl methyl sites for hydroxylation is 1. The quantitative estimate of drug-likeness (QED) is 0.222. The Hall–Kier alpha value is -4.23. The Morgan fingerprint density at radius 1 is 1.11 bits per heavy atom. The molecule has 1 atom stereocenters. The minimum atomic E-state index is -4.69. The summed E-state index contributed by atoms with van der Waals surface area (Å²) in [5.74, 6) is -2.00. The van der Waals surface area contributed by atoms with Crippen molar-refractivity contribution >= 4 is 44.8 Å². The van der Waals surface area contributed by atoms with Crippen LogP contribution in [0.3, 0.4) is 0 Å². The first-order chi connectivity index (χ1) is 20.5. The summed E-state index contributed by atoms with van der Waals surface area (Å²) in [6.07, 6.45) is 0. The van der Waals surface area contributed by atoms with Gasteiger partial charge in [0, 0.05) is 34.3 Å². The predicted molar refractivity (Wildman–Crippen MR) is 165 cm³/mol. The van der Waals surface area contributed by atoms with E-state index in [0.29, 0.717) is 4.31 Å². The number of nitro groups is 1. The van der Waals surface area contributed by atoms with Gasteiger partial charge in [0.05, 0.1) is 22.6 Å². The van der Waals surface area contributed by atoms with Crippen molar-refractivity contribution in [3.05, 3.63) is 92.7 Å². The Labute approximate surface area is 260 Å². The fraction of sp³-hybridized carbons (Fsp3) is 0.333. The lowest BCUT2D eigenvalue weighted by molar-refractivity contribution is -0.385. The van der Waals surface area contributed by atoms with Crippen LogP contribution in [0.5, 0.6) is 5.75 Å². The molecule has 0 saturated heterocycles. The monoisotopic (exact) mass is 648 g/mol. The lowest BCUT2D eigenvalue weighted by atomic mass is 10.1. The molecule has 0 heterocycles. The van der Waals surface area contributed by atoms with Crippen LogP contribution < -0.4 is 14.4 Å². The van der Waals surface area contributed by atoms with E-state index in [-0.39, 0.29) is 34.1 Å². The van der Waals surface area contributed by atoms with Crippen molar-refractivity contribution in [2.24, 2.45) is 0 Å². The molecule has 0 radical (unpaired) electrons. The number of carbonyl (C=O) groups excluding carboxylic acids is 2. The molecule has 0 aliphatic carbocycles. The number of hydrogen-bond donors (Lipinski definition) is 1. The van der Waals surface area contributed by atoms with Crippen molar-refractivity contribution in [1.29, 1.82) is 0 Å². The maximum absolute atomic E-state index is 14.7. The molecule has 0 saturated carbocycles. The minimum absolute atomic E-state index is 0.0339. The highest BCUT2D eigenvalue weighted by Gasteiger charge is 2.35. The van der Waals surface area contributed by atoms with Crippen LogP contribution >= 0.6 is 11.6 Å². The molecule has 11 nitrogen and oxygen atoms in total. The summed E-state index contributed by atoms with van der Waals surface area (Å²) in [5, 5.41) is 14.5. The maximum atomic E-state index is 14.7. The highest BCUT2D eigenvalue weighted by molar-refractivity contribution is 7.92. The molecule has 3 aromatic carbocycles. The summed E-state index contributed by atoms with van der Waals surface area (Å²) >= 11 is 6.22. The Morgan fingerprint density at radius 2 is 1.77 bits per heavy atom. The smallest absolute Gasteiger partial charge is 0.273 e. The second-order valence-electron chi connectivity index (χ2n) is 11.1. The average Bonchev–Trinajstić information content (AvgIpc) is 2.94. The molecule has 0 unspecified atom stereocenters. The van der Waals surface area contributed by atoms with E-state index in [9.17, 15) is 32.5 Å². The number of ether oxygens (including phenoxy) is 1. The van der Waals surface area contributed by atoms with Crippen LogP contribution in [-0.2, 0) is 26.2 Å². The van der Waals surface area contributed by atoms with Gasteiger partial charge in [0.15, 0.2) is 0 Å². The van der Waals surface area contributed by atoms with Crippen molar-refractivity contribution < 1.29 is 32.1 Å². The van der Waals surface area contributed by atoms with Gasteiger partial charge in [-0.1, -0.05) is 35.9 Å². The number of hydrogen-bond acceptors (Lipinski definition) is 7. The Kier molecular flexibility index (Phi) is 10.6. The van der Waals surface area contributed by atoms with Crippen LogP contribution in [0, 0.1) is 22.9 Å². The number of nitro benzene ring substituents is 1. The average molecular weight is 649 g/mol. The van der Waals surface area contributed by atoms with Gasteiger partial charge in [-0.05, 0) is 65.0 Å². The molecule has 2 amide bonds. The van der Waals surface area contributed by atoms with E-state index in [1.807, 2.05) is 0 Å². The molecule has 0 aromatic heterocycles. The van der Waals surface area contributed by atoms with Crippen LogP contribution in [0.25, 0.3) is 0 Å². The van der Waals surface area contributed by atoms with Gasteiger partial charge in [-0.15, -0.1) is 0 Å². The molecule has 0 aliphatic heterocycles. The number of amides is 2. The van der Waals surface area contributed by atoms with Crippen LogP contribution in [0.4, 0.5) is 15.8 Å². The second-order valence-corrected chi connectivity index (χ2v) is 13.4. The molecule has 3 aromatic rings. The minimum Gasteiger partial charge on any atom is -0.495 e. The highest BCUT2D eigenvalue weighted by atomic mass is 35.5. The van der Waals surface area contributed by atoms with Gasteiger partial charge < -0.3 is 15.0 Å². The first kappa shape index (κ1) is 34.3. The zero-order valence-electron chi connectivity index (χ0n) is 25.1. The van der Waals surface area contributed by atoms with Crippen molar-refractivity contribution in [2.45, 2.75) is 57.6 Å². The van der Waals surface area contributed by atoms with Gasteiger partial charge in [0.25, 0.3) is 15.7 Å². The fourth-order valence-corrected chi connectivity index (χ4v) is 5.92. The third-order valence-corrected chi connectivity index (χ3v) is 8.61. The van der Waals surface area contributed by atoms with Crippen molar-refractivity contribution in [1.82, 2.24) is 10.2 Å². The molecule has 44 heavy (non-hydrogen) atoms. The molecule has 3 rings (SSSR count). The molecule has 0 aliphatic rings. The molecular weight excluding hydrogens is 615 g/mol. The molecular formula is C30H34ClFN4O7S. The topological polar surface area (TPSA) is 139 Å². The zero-order chi connectivity index (χ0) is 33.0. The summed E-state index contributed by atoms with van der Waals surface area (Å²) in [5.41, 5.74) is -0.910. The summed E-state index contributed by atoms with van der Waals surface area (Å²) in [7, 11) is -3.40. The Morgan fingerprint density at radius 3 is 2.36 bits per heavy atom. The zero-order valence-corrected chi connectivity index (χ0v) is 26.7. The Bertz CT molecular complexity index is 1680. The van der Waals surface area contributed by atoms with E-state index in [4.69, 9.17) is 16.3 Å². The van der Waals surface area contributed by atoms with Gasteiger partial charge in [0.1, 0.15) is 24.2 Å². The van der Waals surface area contributed by atoms with Gasteiger partial charge in [0.2, 0.25) is 11.8 Å². The first-order valence-corrected chi connectivity index (χ1v) is 15.2. The van der Waals surface area contributed by atoms with Crippen molar-refractivity contribution in [3.8, 4) is 5.75 Å². The van der Waals surface area contributed by atoms with Gasteiger partial charge in [-0.25, -0.2) is 12.8 Å². The summed E-state index contributed by atoms with van der Waals surface area (Å²) in [6.45, 7) is 6.91. The van der Waals surface area contributed by atoms with E-state index in [1.165, 1.54) is 69.5 Å². The van der Waals surface area contributed by atoms with Crippen LogP contribution in [0.15, 0.2) is 65.6 Å². The lowest BCUT2D eigenvalue weighted by Gasteiger charge is -2.33.